The lowest BCUT2D eigenvalue weighted by Crippen LogP contribution is -2.30. The van der Waals surface area contributed by atoms with Crippen LogP contribution in [0.25, 0.3) is 0 Å². The van der Waals surface area contributed by atoms with Crippen LogP contribution in [0.15, 0.2) is 65.6 Å². The molecule has 0 atom stereocenters. The molecule has 1 N–H and O–H groups in total. The fourth-order valence-electron chi connectivity index (χ4n) is 3.29. The van der Waals surface area contributed by atoms with Gasteiger partial charge in [0.05, 0.1) is 19.3 Å². The first-order valence-electron chi connectivity index (χ1n) is 10.5. The fraction of sp³-hybridized carbons (Fsp3) is 0.292. The zero-order valence-corrected chi connectivity index (χ0v) is 18.2. The van der Waals surface area contributed by atoms with E-state index in [2.05, 4.69) is 10.4 Å². The van der Waals surface area contributed by atoms with Crippen molar-refractivity contribution in [2.75, 3.05) is 25.0 Å². The number of hydrogen-bond donors (Lipinski definition) is 1. The Hall–Kier alpha value is -3.61. The minimum atomic E-state index is -0.296. The molecule has 3 aromatic rings. The van der Waals surface area contributed by atoms with Gasteiger partial charge in [0.1, 0.15) is 0 Å². The topological polar surface area (TPSA) is 76.5 Å². The molecule has 0 saturated carbocycles. The maximum Gasteiger partial charge on any atom is 0.294 e. The number of anilines is 2. The van der Waals surface area contributed by atoms with E-state index in [-0.39, 0.29) is 11.5 Å². The second-order valence-corrected chi connectivity index (χ2v) is 6.95. The quantitative estimate of drug-likeness (QED) is 0.568. The van der Waals surface area contributed by atoms with E-state index in [0.717, 1.165) is 5.56 Å². The third-order valence-electron chi connectivity index (χ3n) is 4.91. The maximum absolute atomic E-state index is 13.2. The first-order chi connectivity index (χ1) is 15.1. The average Bonchev–Trinajstić information content (AvgIpc) is 2.80. The van der Waals surface area contributed by atoms with Crippen molar-refractivity contribution in [1.29, 1.82) is 0 Å². The van der Waals surface area contributed by atoms with Crippen molar-refractivity contribution >= 4 is 17.3 Å². The first kappa shape index (κ1) is 22.1. The molecule has 0 spiro atoms. The Balaban J connectivity index is 1.94. The van der Waals surface area contributed by atoms with Gasteiger partial charge in [-0.1, -0.05) is 36.4 Å². The van der Waals surface area contributed by atoms with Crippen LogP contribution in [0.1, 0.15) is 36.7 Å². The molecule has 0 bridgehead atoms. The maximum atomic E-state index is 13.2. The van der Waals surface area contributed by atoms with Crippen molar-refractivity contribution in [2.24, 2.45) is 0 Å². The first-order valence-corrected chi connectivity index (χ1v) is 10.5. The van der Waals surface area contributed by atoms with Crippen LogP contribution < -0.4 is 15.6 Å². The summed E-state index contributed by atoms with van der Waals surface area (Å²) in [4.78, 5) is 27.6. The van der Waals surface area contributed by atoms with Gasteiger partial charge in [0.25, 0.3) is 11.5 Å². The number of hydrogen-bond acceptors (Lipinski definition) is 5. The predicted octanol–water partition coefficient (Wildman–Crippen LogP) is 3.92. The molecule has 0 unspecified atom stereocenters. The molecule has 162 valence electrons. The summed E-state index contributed by atoms with van der Waals surface area (Å²) in [5, 5.41) is 7.42. The van der Waals surface area contributed by atoms with Crippen LogP contribution in [0.2, 0.25) is 0 Å². The number of nitrogens with zero attached hydrogens (tertiary/aromatic N) is 3. The Morgan fingerprint density at radius 2 is 1.81 bits per heavy atom. The van der Waals surface area contributed by atoms with Crippen molar-refractivity contribution in [3.63, 3.8) is 0 Å². The number of ether oxygens (including phenoxy) is 1. The Kier molecular flexibility index (Phi) is 7.43. The molecule has 0 fully saturated rings. The largest absolute Gasteiger partial charge is 0.490 e. The van der Waals surface area contributed by atoms with E-state index < -0.39 is 0 Å². The fourth-order valence-corrected chi connectivity index (χ4v) is 3.29. The molecule has 2 aromatic carbocycles. The molecular formula is C24H28N4O3. The van der Waals surface area contributed by atoms with Crippen LogP contribution >= 0.6 is 0 Å². The molecule has 3 rings (SSSR count). The third-order valence-corrected chi connectivity index (χ3v) is 4.91. The SMILES string of the molecule is CCOc1cnn(Cc2ccccc2)c(=O)c1Nc1cccc(C(=O)N(CC)CC)c1. The smallest absolute Gasteiger partial charge is 0.294 e. The molecule has 31 heavy (non-hydrogen) atoms. The molecule has 0 aliphatic carbocycles. The lowest BCUT2D eigenvalue weighted by atomic mass is 10.1. The van der Waals surface area contributed by atoms with Crippen molar-refractivity contribution in [3.8, 4) is 5.75 Å². The van der Waals surface area contributed by atoms with Crippen LogP contribution in [-0.4, -0.2) is 40.3 Å². The second kappa shape index (κ2) is 10.4. The normalized spacial score (nSPS) is 10.5. The average molecular weight is 421 g/mol. The summed E-state index contributed by atoms with van der Waals surface area (Å²) in [5.41, 5.74) is 2.16. The summed E-state index contributed by atoms with van der Waals surface area (Å²) < 4.78 is 7.03. The lowest BCUT2D eigenvalue weighted by molar-refractivity contribution is 0.0773. The summed E-state index contributed by atoms with van der Waals surface area (Å²) in [6.45, 7) is 7.77. The van der Waals surface area contributed by atoms with E-state index >= 15 is 0 Å². The van der Waals surface area contributed by atoms with E-state index in [0.29, 0.717) is 48.9 Å². The van der Waals surface area contributed by atoms with E-state index in [1.807, 2.05) is 57.2 Å². The third kappa shape index (κ3) is 5.31. The molecule has 1 aromatic heterocycles. The summed E-state index contributed by atoms with van der Waals surface area (Å²) in [6.07, 6.45) is 1.54. The van der Waals surface area contributed by atoms with Gasteiger partial charge in [0.15, 0.2) is 11.4 Å². The molecule has 7 nitrogen and oxygen atoms in total. The van der Waals surface area contributed by atoms with Crippen molar-refractivity contribution in [1.82, 2.24) is 14.7 Å². The Bertz CT molecular complexity index is 1080. The van der Waals surface area contributed by atoms with Gasteiger partial charge in [-0.25, -0.2) is 4.68 Å². The standard InChI is InChI=1S/C24H28N4O3/c1-4-27(5-2)23(29)19-13-10-14-20(15-19)26-22-21(31-6-3)16-25-28(24(22)30)17-18-11-8-7-9-12-18/h7-16,26H,4-6,17H2,1-3H3. The lowest BCUT2D eigenvalue weighted by Gasteiger charge is -2.19. The molecule has 0 aliphatic heterocycles. The van der Waals surface area contributed by atoms with Gasteiger partial charge >= 0.3 is 0 Å². The van der Waals surface area contributed by atoms with Crippen LogP contribution in [0.4, 0.5) is 11.4 Å². The number of amides is 1. The number of nitrogens with one attached hydrogen (secondary N) is 1. The van der Waals surface area contributed by atoms with E-state index in [1.54, 1.807) is 29.3 Å². The number of rotatable bonds is 9. The van der Waals surface area contributed by atoms with E-state index in [9.17, 15) is 9.59 Å². The highest BCUT2D eigenvalue weighted by atomic mass is 16.5. The van der Waals surface area contributed by atoms with Gasteiger partial charge in [-0.2, -0.15) is 5.10 Å². The van der Waals surface area contributed by atoms with Gasteiger partial charge in [-0.3, -0.25) is 9.59 Å². The Labute approximate surface area is 182 Å². The molecular weight excluding hydrogens is 392 g/mol. The van der Waals surface area contributed by atoms with Crippen LogP contribution in [0, 0.1) is 0 Å². The number of carbonyl (C=O) groups is 1. The molecule has 0 saturated heterocycles. The summed E-state index contributed by atoms with van der Waals surface area (Å²) in [5.74, 6) is 0.326. The van der Waals surface area contributed by atoms with Crippen LogP contribution in [0.5, 0.6) is 5.75 Å². The molecule has 1 amide bonds. The van der Waals surface area contributed by atoms with Crippen molar-refractivity contribution < 1.29 is 9.53 Å². The van der Waals surface area contributed by atoms with Gasteiger partial charge in [0.2, 0.25) is 0 Å². The zero-order valence-electron chi connectivity index (χ0n) is 18.2. The van der Waals surface area contributed by atoms with Gasteiger partial charge < -0.3 is 15.0 Å². The van der Waals surface area contributed by atoms with Gasteiger partial charge in [-0.15, -0.1) is 0 Å². The highest BCUT2D eigenvalue weighted by molar-refractivity contribution is 5.95. The summed E-state index contributed by atoms with van der Waals surface area (Å²) in [7, 11) is 0. The number of aromatic nitrogens is 2. The monoisotopic (exact) mass is 420 g/mol. The Morgan fingerprint density at radius 1 is 1.06 bits per heavy atom. The van der Waals surface area contributed by atoms with E-state index in [4.69, 9.17) is 4.74 Å². The summed E-state index contributed by atoms with van der Waals surface area (Å²) in [6, 6.07) is 16.8. The molecule has 1 heterocycles. The van der Waals surface area contributed by atoms with Crippen LogP contribution in [-0.2, 0) is 6.54 Å². The highest BCUT2D eigenvalue weighted by Crippen LogP contribution is 2.24. The number of benzene rings is 2. The Morgan fingerprint density at radius 3 is 2.48 bits per heavy atom. The van der Waals surface area contributed by atoms with Crippen molar-refractivity contribution in [2.45, 2.75) is 27.3 Å². The minimum Gasteiger partial charge on any atom is -0.490 e. The highest BCUT2D eigenvalue weighted by Gasteiger charge is 2.16. The summed E-state index contributed by atoms with van der Waals surface area (Å²) >= 11 is 0. The number of carbonyl (C=O) groups excluding carboxylic acids is 1. The second-order valence-electron chi connectivity index (χ2n) is 6.95. The van der Waals surface area contributed by atoms with E-state index in [1.165, 1.54) is 4.68 Å². The molecule has 7 heteroatoms. The molecule has 0 aliphatic rings. The van der Waals surface area contributed by atoms with Crippen LogP contribution in [0.3, 0.4) is 0 Å². The predicted molar refractivity (Wildman–Crippen MR) is 122 cm³/mol. The van der Waals surface area contributed by atoms with Gasteiger partial charge in [0, 0.05) is 24.3 Å². The zero-order chi connectivity index (χ0) is 22.2. The minimum absolute atomic E-state index is 0.0464. The molecule has 0 radical (unpaired) electrons. The van der Waals surface area contributed by atoms with Crippen molar-refractivity contribution in [3.05, 3.63) is 82.3 Å². The van der Waals surface area contributed by atoms with Gasteiger partial charge in [-0.05, 0) is 44.5 Å².